The first-order valence-electron chi connectivity index (χ1n) is 8.54. The van der Waals surface area contributed by atoms with Crippen LogP contribution in [0.25, 0.3) is 32.8 Å². The second-order valence-electron chi connectivity index (χ2n) is 6.39. The highest BCUT2D eigenvalue weighted by Gasteiger charge is 2.11. The van der Waals surface area contributed by atoms with E-state index in [1.54, 1.807) is 0 Å². The lowest BCUT2D eigenvalue weighted by molar-refractivity contribution is -0.115. The lowest BCUT2D eigenvalue weighted by atomic mass is 10.1. The molecule has 126 valence electrons. The van der Waals surface area contributed by atoms with Crippen LogP contribution in [0, 0.1) is 0 Å². The molecule has 5 rings (SSSR count). The van der Waals surface area contributed by atoms with Gasteiger partial charge in [-0.25, -0.2) is 0 Å². The number of nitrogens with one attached hydrogen (secondary N) is 2. The molecule has 2 heterocycles. The van der Waals surface area contributed by atoms with Crippen molar-refractivity contribution in [3.05, 3.63) is 78.5 Å². The number of benzene rings is 3. The Hall–Kier alpha value is -3.53. The molecule has 4 nitrogen and oxygen atoms in total. The van der Waals surface area contributed by atoms with Gasteiger partial charge in [0, 0.05) is 33.6 Å². The minimum Gasteiger partial charge on any atom is -0.456 e. The monoisotopic (exact) mass is 340 g/mol. The molecule has 0 unspecified atom stereocenters. The molecule has 5 aromatic rings. The Morgan fingerprint density at radius 2 is 1.65 bits per heavy atom. The molecule has 2 N–H and O–H groups in total. The van der Waals surface area contributed by atoms with Crippen LogP contribution >= 0.6 is 0 Å². The maximum atomic E-state index is 12.5. The van der Waals surface area contributed by atoms with E-state index in [9.17, 15) is 4.79 Å². The molecule has 0 bridgehead atoms. The number of aromatic nitrogens is 1. The van der Waals surface area contributed by atoms with Crippen LogP contribution in [-0.2, 0) is 11.2 Å². The number of H-pyrrole nitrogens is 1. The van der Waals surface area contributed by atoms with Gasteiger partial charge in [0.05, 0.1) is 6.42 Å². The summed E-state index contributed by atoms with van der Waals surface area (Å²) in [4.78, 5) is 15.7. The van der Waals surface area contributed by atoms with Gasteiger partial charge in [0.1, 0.15) is 11.2 Å². The Morgan fingerprint density at radius 1 is 0.885 bits per heavy atom. The number of aromatic amines is 1. The predicted octanol–water partition coefficient (Wildman–Crippen LogP) is 5.25. The van der Waals surface area contributed by atoms with E-state index in [-0.39, 0.29) is 5.91 Å². The lowest BCUT2D eigenvalue weighted by Crippen LogP contribution is -2.14. The molecule has 0 fully saturated rings. The Bertz CT molecular complexity index is 1260. The number of anilines is 1. The Morgan fingerprint density at radius 3 is 2.58 bits per heavy atom. The SMILES string of the molecule is O=C(Cc1c[nH]c2ccccc12)Nc1ccc2oc3ccccc3c2c1. The molecule has 4 heteroatoms. The van der Waals surface area contributed by atoms with Gasteiger partial charge in [-0.15, -0.1) is 0 Å². The van der Waals surface area contributed by atoms with Gasteiger partial charge >= 0.3 is 0 Å². The van der Waals surface area contributed by atoms with E-state index in [1.807, 2.05) is 72.9 Å². The normalized spacial score (nSPS) is 11.4. The van der Waals surface area contributed by atoms with Gasteiger partial charge < -0.3 is 14.7 Å². The third-order valence-corrected chi connectivity index (χ3v) is 4.69. The number of amides is 1. The molecule has 0 aliphatic rings. The molecular formula is C22H16N2O2. The van der Waals surface area contributed by atoms with Crippen molar-refractivity contribution in [3.8, 4) is 0 Å². The summed E-state index contributed by atoms with van der Waals surface area (Å²) in [5.41, 5.74) is 4.48. The van der Waals surface area contributed by atoms with Crippen LogP contribution in [0.4, 0.5) is 5.69 Å². The summed E-state index contributed by atoms with van der Waals surface area (Å²) < 4.78 is 5.83. The molecule has 26 heavy (non-hydrogen) atoms. The van der Waals surface area contributed by atoms with E-state index < -0.39 is 0 Å². The Kier molecular flexibility index (Phi) is 3.28. The van der Waals surface area contributed by atoms with Crippen LogP contribution in [0.15, 0.2) is 77.3 Å². The standard InChI is InChI=1S/C22H16N2O2/c25-22(11-14-13-23-19-7-3-1-5-16(14)19)24-15-9-10-21-18(12-15)17-6-2-4-8-20(17)26-21/h1-10,12-13,23H,11H2,(H,24,25). The first kappa shape index (κ1) is 14.8. The quantitative estimate of drug-likeness (QED) is 0.471. The Labute approximate surface area is 149 Å². The largest absolute Gasteiger partial charge is 0.456 e. The van der Waals surface area contributed by atoms with E-state index >= 15 is 0 Å². The highest BCUT2D eigenvalue weighted by atomic mass is 16.3. The van der Waals surface area contributed by atoms with E-state index in [1.165, 1.54) is 0 Å². The van der Waals surface area contributed by atoms with Crippen molar-refractivity contribution in [1.82, 2.24) is 4.98 Å². The predicted molar refractivity (Wildman–Crippen MR) is 104 cm³/mol. The number of furan rings is 1. The molecule has 2 aromatic heterocycles. The average molecular weight is 340 g/mol. The van der Waals surface area contributed by atoms with Crippen molar-refractivity contribution < 1.29 is 9.21 Å². The molecule has 3 aromatic carbocycles. The number of carbonyl (C=O) groups excluding carboxylic acids is 1. The van der Waals surface area contributed by atoms with Gasteiger partial charge in [-0.05, 0) is 35.9 Å². The maximum Gasteiger partial charge on any atom is 0.228 e. The minimum absolute atomic E-state index is 0.0399. The number of carbonyl (C=O) groups is 1. The molecule has 1 amide bonds. The topological polar surface area (TPSA) is 58.0 Å². The van der Waals surface area contributed by atoms with Crippen LogP contribution in [0.1, 0.15) is 5.56 Å². The van der Waals surface area contributed by atoms with E-state index in [0.29, 0.717) is 6.42 Å². The zero-order valence-corrected chi connectivity index (χ0v) is 14.0. The maximum absolute atomic E-state index is 12.5. The molecule has 0 aliphatic carbocycles. The first-order valence-corrected chi connectivity index (χ1v) is 8.54. The van der Waals surface area contributed by atoms with Gasteiger partial charge in [-0.2, -0.15) is 0 Å². The van der Waals surface area contributed by atoms with Crippen molar-refractivity contribution in [2.45, 2.75) is 6.42 Å². The van der Waals surface area contributed by atoms with Gasteiger partial charge in [0.25, 0.3) is 0 Å². The smallest absolute Gasteiger partial charge is 0.228 e. The Balaban J connectivity index is 1.43. The highest BCUT2D eigenvalue weighted by Crippen LogP contribution is 2.30. The molecule has 0 atom stereocenters. The summed E-state index contributed by atoms with van der Waals surface area (Å²) in [5, 5.41) is 6.14. The van der Waals surface area contributed by atoms with Gasteiger partial charge in [0.15, 0.2) is 0 Å². The second kappa shape index (κ2) is 5.77. The number of hydrogen-bond acceptors (Lipinski definition) is 2. The van der Waals surface area contributed by atoms with Crippen LogP contribution < -0.4 is 5.32 Å². The fourth-order valence-electron chi connectivity index (χ4n) is 3.46. The summed E-state index contributed by atoms with van der Waals surface area (Å²) in [6, 6.07) is 21.6. The summed E-state index contributed by atoms with van der Waals surface area (Å²) >= 11 is 0. The third-order valence-electron chi connectivity index (χ3n) is 4.69. The summed E-state index contributed by atoms with van der Waals surface area (Å²) in [5.74, 6) is -0.0399. The van der Waals surface area contributed by atoms with E-state index in [2.05, 4.69) is 10.3 Å². The van der Waals surface area contributed by atoms with Gasteiger partial charge in [0.2, 0.25) is 5.91 Å². The molecule has 0 radical (unpaired) electrons. The molecule has 0 aliphatic heterocycles. The zero-order valence-electron chi connectivity index (χ0n) is 14.0. The number of fused-ring (bicyclic) bond motifs is 4. The zero-order chi connectivity index (χ0) is 17.5. The fraction of sp³-hybridized carbons (Fsp3) is 0.0455. The fourth-order valence-corrected chi connectivity index (χ4v) is 3.46. The molecular weight excluding hydrogens is 324 g/mol. The van der Waals surface area contributed by atoms with Gasteiger partial charge in [-0.1, -0.05) is 36.4 Å². The van der Waals surface area contributed by atoms with Crippen LogP contribution in [-0.4, -0.2) is 10.9 Å². The highest BCUT2D eigenvalue weighted by molar-refractivity contribution is 6.07. The first-order chi connectivity index (χ1) is 12.8. The van der Waals surface area contributed by atoms with Crippen LogP contribution in [0.2, 0.25) is 0 Å². The van der Waals surface area contributed by atoms with Crippen LogP contribution in [0.3, 0.4) is 0 Å². The van der Waals surface area contributed by atoms with Crippen molar-refractivity contribution in [2.75, 3.05) is 5.32 Å². The van der Waals surface area contributed by atoms with Crippen LogP contribution in [0.5, 0.6) is 0 Å². The second-order valence-corrected chi connectivity index (χ2v) is 6.39. The number of para-hydroxylation sites is 2. The average Bonchev–Trinajstić information content (AvgIpc) is 3.23. The third kappa shape index (κ3) is 2.43. The van der Waals surface area contributed by atoms with E-state index in [0.717, 1.165) is 44.1 Å². The number of hydrogen-bond donors (Lipinski definition) is 2. The molecule has 0 saturated heterocycles. The lowest BCUT2D eigenvalue weighted by Gasteiger charge is -2.05. The summed E-state index contributed by atoms with van der Waals surface area (Å²) in [6.07, 6.45) is 2.23. The van der Waals surface area contributed by atoms with Crippen molar-refractivity contribution in [3.63, 3.8) is 0 Å². The van der Waals surface area contributed by atoms with E-state index in [4.69, 9.17) is 4.42 Å². The van der Waals surface area contributed by atoms with Crippen molar-refractivity contribution in [2.24, 2.45) is 0 Å². The van der Waals surface area contributed by atoms with Crippen molar-refractivity contribution >= 4 is 44.4 Å². The summed E-state index contributed by atoms with van der Waals surface area (Å²) in [7, 11) is 0. The molecule has 0 saturated carbocycles. The molecule has 0 spiro atoms. The number of rotatable bonds is 3. The minimum atomic E-state index is -0.0399. The van der Waals surface area contributed by atoms with Gasteiger partial charge in [-0.3, -0.25) is 4.79 Å². The van der Waals surface area contributed by atoms with Crippen molar-refractivity contribution in [1.29, 1.82) is 0 Å². The summed E-state index contributed by atoms with van der Waals surface area (Å²) in [6.45, 7) is 0.